The molecular weight excluding hydrogens is 268 g/mol. The van der Waals surface area contributed by atoms with E-state index in [9.17, 15) is 25.0 Å². The third kappa shape index (κ3) is 3.40. The maximum atomic E-state index is 11.1. The molecule has 0 radical (unpaired) electrons. The first-order chi connectivity index (χ1) is 9.38. The van der Waals surface area contributed by atoms with E-state index in [2.05, 4.69) is 5.32 Å². The zero-order valence-corrected chi connectivity index (χ0v) is 10.8. The van der Waals surface area contributed by atoms with Crippen molar-refractivity contribution in [3.8, 4) is 0 Å². The molecule has 9 heteroatoms. The molecule has 108 valence electrons. The first-order valence-electron chi connectivity index (χ1n) is 5.89. The fourth-order valence-electron chi connectivity index (χ4n) is 1.61. The molecule has 0 aliphatic carbocycles. The van der Waals surface area contributed by atoms with Crippen LogP contribution in [0.5, 0.6) is 0 Å². The molecule has 1 amide bonds. The molecule has 0 saturated heterocycles. The van der Waals surface area contributed by atoms with Crippen LogP contribution in [0.4, 0.5) is 17.1 Å². The summed E-state index contributed by atoms with van der Waals surface area (Å²) < 4.78 is 0. The van der Waals surface area contributed by atoms with Crippen molar-refractivity contribution in [3.05, 3.63) is 37.9 Å². The van der Waals surface area contributed by atoms with Gasteiger partial charge >= 0.3 is 0 Å². The molecule has 0 aliphatic heterocycles. The van der Waals surface area contributed by atoms with E-state index in [1.807, 2.05) is 6.92 Å². The van der Waals surface area contributed by atoms with Crippen molar-refractivity contribution >= 4 is 23.0 Å². The lowest BCUT2D eigenvalue weighted by atomic mass is 10.1. The number of nitrogens with one attached hydrogen (secondary N) is 1. The SMILES string of the molecule is CCCCNc1c([N+](=O)[O-])cc(C(N)=O)cc1[N+](=O)[O-]. The third-order valence-corrected chi connectivity index (χ3v) is 2.61. The second kappa shape index (κ2) is 6.45. The number of anilines is 1. The topological polar surface area (TPSA) is 141 Å². The summed E-state index contributed by atoms with van der Waals surface area (Å²) >= 11 is 0. The summed E-state index contributed by atoms with van der Waals surface area (Å²) in [7, 11) is 0. The van der Waals surface area contributed by atoms with Crippen LogP contribution in [0.15, 0.2) is 12.1 Å². The van der Waals surface area contributed by atoms with Crippen LogP contribution in [0.2, 0.25) is 0 Å². The predicted octanol–water partition coefficient (Wildman–Crippen LogP) is 1.81. The number of primary amides is 1. The van der Waals surface area contributed by atoms with E-state index in [-0.39, 0.29) is 11.3 Å². The van der Waals surface area contributed by atoms with Gasteiger partial charge in [-0.25, -0.2) is 0 Å². The number of rotatable bonds is 7. The number of hydrogen-bond donors (Lipinski definition) is 2. The summed E-state index contributed by atoms with van der Waals surface area (Å²) in [5.41, 5.74) is 3.46. The van der Waals surface area contributed by atoms with E-state index in [1.165, 1.54) is 0 Å². The number of hydrogen-bond acceptors (Lipinski definition) is 6. The highest BCUT2D eigenvalue weighted by Gasteiger charge is 2.27. The van der Waals surface area contributed by atoms with E-state index in [0.29, 0.717) is 13.0 Å². The highest BCUT2D eigenvalue weighted by atomic mass is 16.6. The largest absolute Gasteiger partial charge is 0.374 e. The van der Waals surface area contributed by atoms with Gasteiger partial charge in [-0.05, 0) is 6.42 Å². The Bertz CT molecular complexity index is 523. The van der Waals surface area contributed by atoms with E-state index < -0.39 is 27.1 Å². The molecule has 3 N–H and O–H groups in total. The van der Waals surface area contributed by atoms with Crippen LogP contribution in [0.1, 0.15) is 30.1 Å². The van der Waals surface area contributed by atoms with Crippen molar-refractivity contribution < 1.29 is 14.6 Å². The van der Waals surface area contributed by atoms with Gasteiger partial charge in [0.15, 0.2) is 5.69 Å². The fourth-order valence-corrected chi connectivity index (χ4v) is 1.61. The zero-order valence-electron chi connectivity index (χ0n) is 10.8. The molecule has 0 saturated carbocycles. The molecule has 20 heavy (non-hydrogen) atoms. The quantitative estimate of drug-likeness (QED) is 0.443. The molecule has 0 heterocycles. The van der Waals surface area contributed by atoms with Gasteiger partial charge in [0.2, 0.25) is 5.91 Å². The number of carbonyl (C=O) groups excluding carboxylic acids is 1. The summed E-state index contributed by atoms with van der Waals surface area (Å²) in [6.45, 7) is 2.27. The minimum Gasteiger partial charge on any atom is -0.374 e. The van der Waals surface area contributed by atoms with Gasteiger partial charge in [0, 0.05) is 18.7 Å². The third-order valence-electron chi connectivity index (χ3n) is 2.61. The van der Waals surface area contributed by atoms with E-state index in [1.54, 1.807) is 0 Å². The van der Waals surface area contributed by atoms with Crippen LogP contribution in [-0.2, 0) is 0 Å². The van der Waals surface area contributed by atoms with Crippen LogP contribution >= 0.6 is 0 Å². The van der Waals surface area contributed by atoms with Crippen molar-refractivity contribution in [2.24, 2.45) is 5.73 Å². The van der Waals surface area contributed by atoms with E-state index >= 15 is 0 Å². The van der Waals surface area contributed by atoms with Crippen LogP contribution in [-0.4, -0.2) is 22.3 Å². The Hall–Kier alpha value is -2.71. The van der Waals surface area contributed by atoms with Crippen molar-refractivity contribution in [1.29, 1.82) is 0 Å². The smallest absolute Gasteiger partial charge is 0.300 e. The molecule has 0 aliphatic rings. The molecule has 0 unspecified atom stereocenters. The summed E-state index contributed by atoms with van der Waals surface area (Å²) in [5.74, 6) is -0.962. The molecule has 1 rings (SSSR count). The number of nitrogens with zero attached hydrogens (tertiary/aromatic N) is 2. The molecule has 0 bridgehead atoms. The van der Waals surface area contributed by atoms with Crippen LogP contribution in [0, 0.1) is 20.2 Å². The average Bonchev–Trinajstić information content (AvgIpc) is 2.37. The minimum atomic E-state index is -0.962. The number of nitro benzene ring substituents is 2. The lowest BCUT2D eigenvalue weighted by Gasteiger charge is -2.08. The van der Waals surface area contributed by atoms with Gasteiger partial charge < -0.3 is 11.1 Å². The van der Waals surface area contributed by atoms with Crippen molar-refractivity contribution in [1.82, 2.24) is 0 Å². The summed E-state index contributed by atoms with van der Waals surface area (Å²) in [6.07, 6.45) is 1.53. The summed E-state index contributed by atoms with van der Waals surface area (Å²) in [6, 6.07) is 1.87. The molecular formula is C11H14N4O5. The Morgan fingerprint density at radius 2 is 1.75 bits per heavy atom. The zero-order chi connectivity index (χ0) is 15.3. The van der Waals surface area contributed by atoms with E-state index in [0.717, 1.165) is 18.6 Å². The lowest BCUT2D eigenvalue weighted by Crippen LogP contribution is -2.14. The second-order valence-electron chi connectivity index (χ2n) is 4.05. The first kappa shape index (κ1) is 15.3. The van der Waals surface area contributed by atoms with Crippen molar-refractivity contribution in [3.63, 3.8) is 0 Å². The number of nitro groups is 2. The van der Waals surface area contributed by atoms with Gasteiger partial charge in [-0.15, -0.1) is 0 Å². The molecule has 0 fully saturated rings. The van der Waals surface area contributed by atoms with Gasteiger partial charge in [0.05, 0.1) is 15.4 Å². The minimum absolute atomic E-state index is 0.210. The maximum absolute atomic E-state index is 11.1. The highest BCUT2D eigenvalue weighted by Crippen LogP contribution is 2.35. The molecule has 0 aromatic heterocycles. The van der Waals surface area contributed by atoms with Gasteiger partial charge in [0.1, 0.15) is 0 Å². The summed E-state index contributed by atoms with van der Waals surface area (Å²) in [4.78, 5) is 31.5. The predicted molar refractivity (Wildman–Crippen MR) is 71.7 cm³/mol. The number of amides is 1. The van der Waals surface area contributed by atoms with Crippen LogP contribution < -0.4 is 11.1 Å². The Morgan fingerprint density at radius 3 is 2.10 bits per heavy atom. The van der Waals surface area contributed by atoms with Gasteiger partial charge in [-0.2, -0.15) is 0 Å². The Kier molecular flexibility index (Phi) is 4.95. The number of unbranched alkanes of at least 4 members (excludes halogenated alkanes) is 1. The first-order valence-corrected chi connectivity index (χ1v) is 5.89. The summed E-state index contributed by atoms with van der Waals surface area (Å²) in [5, 5.41) is 24.7. The van der Waals surface area contributed by atoms with Crippen LogP contribution in [0.25, 0.3) is 0 Å². The van der Waals surface area contributed by atoms with Gasteiger partial charge in [-0.3, -0.25) is 25.0 Å². The monoisotopic (exact) mass is 282 g/mol. The Labute approximate surface area is 114 Å². The maximum Gasteiger partial charge on any atom is 0.300 e. The molecule has 1 aromatic carbocycles. The average molecular weight is 282 g/mol. The number of nitrogens with two attached hydrogens (primary N) is 1. The molecule has 0 atom stereocenters. The van der Waals surface area contributed by atoms with Gasteiger partial charge in [0.25, 0.3) is 11.4 Å². The van der Waals surface area contributed by atoms with Crippen molar-refractivity contribution in [2.45, 2.75) is 19.8 Å². The Balaban J connectivity index is 3.39. The van der Waals surface area contributed by atoms with Crippen molar-refractivity contribution in [2.75, 3.05) is 11.9 Å². The Morgan fingerprint density at radius 1 is 1.25 bits per heavy atom. The fraction of sp³-hybridized carbons (Fsp3) is 0.364. The normalized spacial score (nSPS) is 10.1. The molecule has 1 aromatic rings. The van der Waals surface area contributed by atoms with E-state index in [4.69, 9.17) is 5.73 Å². The molecule has 0 spiro atoms. The highest BCUT2D eigenvalue weighted by molar-refractivity contribution is 5.96. The molecule has 9 nitrogen and oxygen atoms in total. The van der Waals surface area contributed by atoms with Gasteiger partial charge in [-0.1, -0.05) is 13.3 Å². The van der Waals surface area contributed by atoms with Crippen LogP contribution in [0.3, 0.4) is 0 Å². The second-order valence-corrected chi connectivity index (χ2v) is 4.05. The number of carbonyl (C=O) groups is 1. The standard InChI is InChI=1S/C11H14N4O5/c1-2-3-4-13-10-8(14(17)18)5-7(11(12)16)6-9(10)15(19)20/h5-6,13H,2-4H2,1H3,(H2,12,16). The number of benzene rings is 1. The lowest BCUT2D eigenvalue weighted by molar-refractivity contribution is -0.392.